The lowest BCUT2D eigenvalue weighted by Gasteiger charge is -2.21. The summed E-state index contributed by atoms with van der Waals surface area (Å²) >= 11 is 13.0. The van der Waals surface area contributed by atoms with Crippen molar-refractivity contribution >= 4 is 56.4 Å². The quantitative estimate of drug-likeness (QED) is 0.291. The lowest BCUT2D eigenvalue weighted by Crippen LogP contribution is -2.16. The summed E-state index contributed by atoms with van der Waals surface area (Å²) < 4.78 is 0. The van der Waals surface area contributed by atoms with Crippen LogP contribution in [-0.2, 0) is 11.2 Å². The zero-order chi connectivity index (χ0) is 23.4. The van der Waals surface area contributed by atoms with Crippen molar-refractivity contribution < 1.29 is 10.2 Å². The third kappa shape index (κ3) is 4.07. The van der Waals surface area contributed by atoms with Gasteiger partial charge in [0, 0.05) is 17.0 Å². The molecule has 0 aliphatic carbocycles. The van der Waals surface area contributed by atoms with Crippen LogP contribution < -0.4 is 10.9 Å². The van der Waals surface area contributed by atoms with Gasteiger partial charge in [-0.3, -0.25) is 4.79 Å². The summed E-state index contributed by atoms with van der Waals surface area (Å²) in [6.45, 7) is 6.67. The minimum atomic E-state index is -1.11. The Morgan fingerprint density at radius 2 is 1.53 bits per heavy atom. The Morgan fingerprint density at radius 3 is 2.12 bits per heavy atom. The van der Waals surface area contributed by atoms with E-state index in [0.29, 0.717) is 54.4 Å². The number of aromatic nitrogens is 2. The smallest absolute Gasteiger partial charge is 0.256 e. The molecule has 4 N–H and O–H groups in total. The molecule has 0 unspecified atom stereocenters. The van der Waals surface area contributed by atoms with E-state index in [1.165, 1.54) is 0 Å². The molecule has 0 spiro atoms. The number of nitrogens with zero attached hydrogens (tertiary/aromatic N) is 1. The summed E-state index contributed by atoms with van der Waals surface area (Å²) in [7, 11) is 0. The van der Waals surface area contributed by atoms with Crippen LogP contribution in [0, 0.1) is 0 Å². The van der Waals surface area contributed by atoms with Crippen LogP contribution >= 0.6 is 23.2 Å². The van der Waals surface area contributed by atoms with Gasteiger partial charge in [-0.15, -0.1) is 0 Å². The molecular weight excluding hydrogens is 449 g/mol. The summed E-state index contributed by atoms with van der Waals surface area (Å²) in [6.07, 6.45) is 1.55. The van der Waals surface area contributed by atoms with Gasteiger partial charge in [-0.05, 0) is 69.2 Å². The van der Waals surface area contributed by atoms with Crippen LogP contribution in [0.4, 0.5) is 11.5 Å². The van der Waals surface area contributed by atoms with E-state index in [4.69, 9.17) is 28.2 Å². The largest absolute Gasteiger partial charge is 0.386 e. The second-order valence-electron chi connectivity index (χ2n) is 8.85. The van der Waals surface area contributed by atoms with E-state index in [9.17, 15) is 15.0 Å². The average Bonchev–Trinajstić information content (AvgIpc) is 2.68. The molecule has 0 fully saturated rings. The molecule has 0 atom stereocenters. The first-order valence-electron chi connectivity index (χ1n) is 10.0. The number of anilines is 2. The predicted molar refractivity (Wildman–Crippen MR) is 130 cm³/mol. The number of hydrogen-bond donors (Lipinski definition) is 4. The number of rotatable bonds is 4. The number of hydrogen-bond acceptors (Lipinski definition) is 5. The number of aromatic amines is 1. The van der Waals surface area contributed by atoms with Crippen molar-refractivity contribution in [3.05, 3.63) is 74.1 Å². The minimum Gasteiger partial charge on any atom is -0.386 e. The maximum absolute atomic E-state index is 12.8. The molecule has 32 heavy (non-hydrogen) atoms. The standard InChI is InChI=1S/C24H23Cl2N3O3/c1-23(2,31)12-5-6-18-15(9-12)19-14(7-8-27-22(19)30)21(28-18)29-20-16(25)10-13(11-17(20)26)24(3,4)32/h5-11,31-32H,1-4H3,(H,27,30)(H,28,29). The molecular formula is C24H23Cl2N3O3. The number of fused-ring (bicyclic) bond motifs is 3. The summed E-state index contributed by atoms with van der Waals surface area (Å²) in [5, 5.41) is 26.1. The summed E-state index contributed by atoms with van der Waals surface area (Å²) in [5.41, 5.74) is -0.211. The van der Waals surface area contributed by atoms with Crippen LogP contribution in [0.15, 0.2) is 47.4 Å². The van der Waals surface area contributed by atoms with E-state index in [0.717, 1.165) is 0 Å². The van der Waals surface area contributed by atoms with Crippen molar-refractivity contribution in [2.24, 2.45) is 0 Å². The van der Waals surface area contributed by atoms with Gasteiger partial charge < -0.3 is 20.5 Å². The predicted octanol–water partition coefficient (Wildman–Crippen LogP) is 5.58. The Morgan fingerprint density at radius 1 is 0.906 bits per heavy atom. The van der Waals surface area contributed by atoms with Gasteiger partial charge in [0.1, 0.15) is 5.82 Å². The summed E-state index contributed by atoms with van der Waals surface area (Å²) in [6, 6.07) is 10.3. The molecule has 0 bridgehead atoms. The van der Waals surface area contributed by atoms with Gasteiger partial charge in [-0.1, -0.05) is 29.3 Å². The number of H-pyrrole nitrogens is 1. The fourth-order valence-electron chi connectivity index (χ4n) is 3.60. The van der Waals surface area contributed by atoms with Gasteiger partial charge in [0.05, 0.1) is 37.8 Å². The number of benzene rings is 2. The van der Waals surface area contributed by atoms with Gasteiger partial charge in [-0.2, -0.15) is 0 Å². The molecule has 0 radical (unpaired) electrons. The molecule has 8 heteroatoms. The molecule has 2 aromatic heterocycles. The molecule has 4 aromatic rings. The fraction of sp³-hybridized carbons (Fsp3) is 0.250. The maximum Gasteiger partial charge on any atom is 0.256 e. The van der Waals surface area contributed by atoms with E-state index < -0.39 is 11.2 Å². The first-order valence-corrected chi connectivity index (χ1v) is 10.8. The minimum absolute atomic E-state index is 0.277. The van der Waals surface area contributed by atoms with Gasteiger partial charge in [-0.25, -0.2) is 4.98 Å². The highest BCUT2D eigenvalue weighted by molar-refractivity contribution is 6.39. The van der Waals surface area contributed by atoms with Crippen molar-refractivity contribution in [1.29, 1.82) is 0 Å². The van der Waals surface area contributed by atoms with Crippen LogP contribution in [0.2, 0.25) is 10.0 Å². The number of nitrogens with one attached hydrogen (secondary N) is 2. The zero-order valence-corrected chi connectivity index (χ0v) is 19.6. The van der Waals surface area contributed by atoms with E-state index in [2.05, 4.69) is 10.3 Å². The SMILES string of the molecule is CC(C)(O)c1cc(Cl)c(Nc2nc3ccc(C(C)(C)O)cc3c3c(=O)[nH]ccc23)c(Cl)c1. The first-order chi connectivity index (χ1) is 14.9. The number of halogens is 2. The molecule has 4 rings (SSSR count). The van der Waals surface area contributed by atoms with Crippen molar-refractivity contribution in [1.82, 2.24) is 9.97 Å². The lowest BCUT2D eigenvalue weighted by atomic mass is 9.95. The van der Waals surface area contributed by atoms with Crippen LogP contribution in [0.3, 0.4) is 0 Å². The normalized spacial score (nSPS) is 12.5. The fourth-order valence-corrected chi connectivity index (χ4v) is 4.18. The number of pyridine rings is 2. The zero-order valence-electron chi connectivity index (χ0n) is 18.0. The monoisotopic (exact) mass is 471 g/mol. The Labute approximate surface area is 194 Å². The van der Waals surface area contributed by atoms with E-state index in [1.807, 2.05) is 0 Å². The summed E-state index contributed by atoms with van der Waals surface area (Å²) in [4.78, 5) is 20.2. The molecule has 0 saturated heterocycles. The van der Waals surface area contributed by atoms with Crippen LogP contribution in [0.25, 0.3) is 21.7 Å². The molecule has 6 nitrogen and oxygen atoms in total. The van der Waals surface area contributed by atoms with Crippen molar-refractivity contribution in [3.8, 4) is 0 Å². The van der Waals surface area contributed by atoms with E-state index >= 15 is 0 Å². The van der Waals surface area contributed by atoms with Crippen molar-refractivity contribution in [2.75, 3.05) is 5.32 Å². The molecule has 0 aliphatic heterocycles. The Bertz CT molecular complexity index is 1390. The molecule has 2 aromatic carbocycles. The molecule has 0 amide bonds. The van der Waals surface area contributed by atoms with E-state index in [-0.39, 0.29) is 5.56 Å². The Kier molecular flexibility index (Phi) is 5.46. The highest BCUT2D eigenvalue weighted by atomic mass is 35.5. The van der Waals surface area contributed by atoms with Gasteiger partial charge in [0.15, 0.2) is 0 Å². The summed E-state index contributed by atoms with van der Waals surface area (Å²) in [5.74, 6) is 0.411. The lowest BCUT2D eigenvalue weighted by molar-refractivity contribution is 0.0781. The third-order valence-corrected chi connectivity index (χ3v) is 6.01. The first kappa shape index (κ1) is 22.6. The molecule has 166 valence electrons. The second-order valence-corrected chi connectivity index (χ2v) is 9.66. The van der Waals surface area contributed by atoms with Crippen LogP contribution in [0.5, 0.6) is 0 Å². The Hall–Kier alpha value is -2.64. The highest BCUT2D eigenvalue weighted by Gasteiger charge is 2.22. The second kappa shape index (κ2) is 7.74. The topological polar surface area (TPSA) is 98.2 Å². The van der Waals surface area contributed by atoms with E-state index in [1.54, 1.807) is 70.3 Å². The highest BCUT2D eigenvalue weighted by Crippen LogP contribution is 2.39. The third-order valence-electron chi connectivity index (χ3n) is 5.41. The van der Waals surface area contributed by atoms with Crippen molar-refractivity contribution in [2.45, 2.75) is 38.9 Å². The number of aliphatic hydroxyl groups is 2. The average molecular weight is 472 g/mol. The van der Waals surface area contributed by atoms with Crippen LogP contribution in [-0.4, -0.2) is 20.2 Å². The van der Waals surface area contributed by atoms with Gasteiger partial charge in [0.25, 0.3) is 5.56 Å². The van der Waals surface area contributed by atoms with Crippen LogP contribution in [0.1, 0.15) is 38.8 Å². The van der Waals surface area contributed by atoms with Crippen molar-refractivity contribution in [3.63, 3.8) is 0 Å². The molecule has 2 heterocycles. The maximum atomic E-state index is 12.8. The van der Waals surface area contributed by atoms with Gasteiger partial charge >= 0.3 is 0 Å². The molecule has 0 saturated carbocycles. The Balaban J connectivity index is 1.95. The molecule has 0 aliphatic rings. The van der Waals surface area contributed by atoms with Gasteiger partial charge in [0.2, 0.25) is 0 Å².